The lowest BCUT2D eigenvalue weighted by Crippen LogP contribution is -2.59. The summed E-state index contributed by atoms with van der Waals surface area (Å²) in [5.74, 6) is 0.311. The fraction of sp³-hybridized carbons (Fsp3) is 0.867. The molecular formula is C15H28N4O4. The number of piperidine rings is 1. The predicted octanol–water partition coefficient (Wildman–Crippen LogP) is -0.677. The van der Waals surface area contributed by atoms with Gasteiger partial charge in [-0.3, -0.25) is 4.79 Å². The van der Waals surface area contributed by atoms with E-state index in [-0.39, 0.29) is 17.9 Å². The number of ether oxygens (including phenoxy) is 1. The maximum absolute atomic E-state index is 12.6. The van der Waals surface area contributed by atoms with Crippen molar-refractivity contribution in [1.29, 1.82) is 0 Å². The van der Waals surface area contributed by atoms with E-state index >= 15 is 0 Å². The summed E-state index contributed by atoms with van der Waals surface area (Å²) in [4.78, 5) is 27.1. The Kier molecular flexibility index (Phi) is 6.61. The first-order chi connectivity index (χ1) is 11.0. The first-order valence-corrected chi connectivity index (χ1v) is 8.37. The molecule has 8 heteroatoms. The molecule has 4 N–H and O–H groups in total. The zero-order valence-electron chi connectivity index (χ0n) is 13.7. The highest BCUT2D eigenvalue weighted by atomic mass is 16.6. The molecule has 0 radical (unpaired) electrons. The third kappa shape index (κ3) is 4.79. The highest BCUT2D eigenvalue weighted by Gasteiger charge is 2.34. The van der Waals surface area contributed by atoms with Gasteiger partial charge in [-0.05, 0) is 25.7 Å². The molecule has 1 unspecified atom stereocenters. The number of hydrogen-bond acceptors (Lipinski definition) is 5. The molecule has 0 aliphatic carbocycles. The van der Waals surface area contributed by atoms with Gasteiger partial charge < -0.3 is 30.7 Å². The Hall–Kier alpha value is -1.38. The van der Waals surface area contributed by atoms with Crippen molar-refractivity contribution >= 4 is 11.9 Å². The molecule has 2 aliphatic rings. The zero-order valence-corrected chi connectivity index (χ0v) is 13.7. The summed E-state index contributed by atoms with van der Waals surface area (Å²) >= 11 is 0. The number of aliphatic hydroxyl groups is 1. The predicted molar refractivity (Wildman–Crippen MR) is 84.5 cm³/mol. The van der Waals surface area contributed by atoms with E-state index in [1.54, 1.807) is 9.80 Å². The first kappa shape index (κ1) is 18.0. The standard InChI is InChI=1S/C15H28N4O4/c1-2-23-14(21)12-10-17-5-8-19(12)13(20)9-11-3-6-18(7-4-11)15(16)22/h11-12,14,17,21H,2-10H2,1H3,(H2,16,22)/t12-,14?/m1/s1. The molecule has 23 heavy (non-hydrogen) atoms. The topological polar surface area (TPSA) is 108 Å². The van der Waals surface area contributed by atoms with E-state index in [2.05, 4.69) is 5.32 Å². The van der Waals surface area contributed by atoms with Gasteiger partial charge >= 0.3 is 6.03 Å². The van der Waals surface area contributed by atoms with Gasteiger partial charge in [0.15, 0.2) is 6.29 Å². The van der Waals surface area contributed by atoms with E-state index in [0.29, 0.717) is 39.2 Å². The Balaban J connectivity index is 1.87. The minimum atomic E-state index is -0.964. The molecule has 8 nitrogen and oxygen atoms in total. The molecule has 2 aliphatic heterocycles. The first-order valence-electron chi connectivity index (χ1n) is 8.37. The van der Waals surface area contributed by atoms with Gasteiger partial charge in [0.2, 0.25) is 5.91 Å². The summed E-state index contributed by atoms with van der Waals surface area (Å²) in [6, 6.07) is -0.737. The lowest BCUT2D eigenvalue weighted by molar-refractivity contribution is -0.163. The molecule has 3 amide bonds. The van der Waals surface area contributed by atoms with Crippen LogP contribution in [0.2, 0.25) is 0 Å². The van der Waals surface area contributed by atoms with Crippen molar-refractivity contribution in [1.82, 2.24) is 15.1 Å². The largest absolute Gasteiger partial charge is 0.366 e. The molecule has 0 spiro atoms. The maximum Gasteiger partial charge on any atom is 0.314 e. The Morgan fingerprint density at radius 2 is 2.04 bits per heavy atom. The van der Waals surface area contributed by atoms with Crippen LogP contribution in [0.3, 0.4) is 0 Å². The molecule has 0 aromatic carbocycles. The van der Waals surface area contributed by atoms with Crippen molar-refractivity contribution < 1.29 is 19.4 Å². The van der Waals surface area contributed by atoms with Gasteiger partial charge in [0, 0.05) is 45.8 Å². The van der Waals surface area contributed by atoms with Crippen LogP contribution in [0.25, 0.3) is 0 Å². The number of nitrogens with two attached hydrogens (primary N) is 1. The quantitative estimate of drug-likeness (QED) is 0.580. The van der Waals surface area contributed by atoms with E-state index in [9.17, 15) is 14.7 Å². The molecular weight excluding hydrogens is 300 g/mol. The fourth-order valence-corrected chi connectivity index (χ4v) is 3.29. The highest BCUT2D eigenvalue weighted by molar-refractivity contribution is 5.77. The van der Waals surface area contributed by atoms with Crippen LogP contribution in [0.4, 0.5) is 4.79 Å². The van der Waals surface area contributed by atoms with Gasteiger partial charge in [-0.2, -0.15) is 0 Å². The number of piperazine rings is 1. The second-order valence-electron chi connectivity index (χ2n) is 6.18. The van der Waals surface area contributed by atoms with Crippen LogP contribution in [-0.4, -0.2) is 78.5 Å². The zero-order chi connectivity index (χ0) is 16.8. The normalized spacial score (nSPS) is 24.5. The van der Waals surface area contributed by atoms with E-state index in [1.165, 1.54) is 0 Å². The summed E-state index contributed by atoms with van der Waals surface area (Å²) in [5.41, 5.74) is 5.27. The number of rotatable bonds is 5. The van der Waals surface area contributed by atoms with Crippen LogP contribution in [0.15, 0.2) is 0 Å². The molecule has 2 rings (SSSR count). The van der Waals surface area contributed by atoms with Crippen molar-refractivity contribution in [3.05, 3.63) is 0 Å². The molecule has 2 fully saturated rings. The number of carbonyl (C=O) groups excluding carboxylic acids is 2. The molecule has 132 valence electrons. The molecule has 0 saturated carbocycles. The van der Waals surface area contributed by atoms with Crippen LogP contribution in [0.1, 0.15) is 26.2 Å². The van der Waals surface area contributed by atoms with Crippen molar-refractivity contribution in [2.75, 3.05) is 39.3 Å². The average molecular weight is 328 g/mol. The van der Waals surface area contributed by atoms with Crippen LogP contribution < -0.4 is 11.1 Å². The van der Waals surface area contributed by atoms with E-state index < -0.39 is 12.3 Å². The second kappa shape index (κ2) is 8.47. The fourth-order valence-electron chi connectivity index (χ4n) is 3.29. The van der Waals surface area contributed by atoms with E-state index in [1.807, 2.05) is 6.92 Å². The van der Waals surface area contributed by atoms with Gasteiger partial charge in [-0.1, -0.05) is 0 Å². The van der Waals surface area contributed by atoms with Gasteiger partial charge in [-0.15, -0.1) is 0 Å². The van der Waals surface area contributed by atoms with Crippen LogP contribution in [-0.2, 0) is 9.53 Å². The molecule has 0 aromatic rings. The lowest BCUT2D eigenvalue weighted by Gasteiger charge is -2.39. The van der Waals surface area contributed by atoms with Gasteiger partial charge in [-0.25, -0.2) is 4.79 Å². The van der Waals surface area contributed by atoms with Gasteiger partial charge in [0.1, 0.15) is 0 Å². The van der Waals surface area contributed by atoms with Crippen molar-refractivity contribution in [2.24, 2.45) is 11.7 Å². The number of nitrogens with zero attached hydrogens (tertiary/aromatic N) is 2. The number of primary amides is 1. The van der Waals surface area contributed by atoms with Gasteiger partial charge in [0.25, 0.3) is 0 Å². The van der Waals surface area contributed by atoms with Crippen molar-refractivity contribution in [3.8, 4) is 0 Å². The van der Waals surface area contributed by atoms with E-state index in [4.69, 9.17) is 10.5 Å². The lowest BCUT2D eigenvalue weighted by atomic mass is 9.92. The van der Waals surface area contributed by atoms with Crippen molar-refractivity contribution in [3.63, 3.8) is 0 Å². The smallest absolute Gasteiger partial charge is 0.314 e. The molecule has 2 heterocycles. The third-order valence-electron chi connectivity index (χ3n) is 4.66. The minimum Gasteiger partial charge on any atom is -0.366 e. The Morgan fingerprint density at radius 1 is 1.35 bits per heavy atom. The molecule has 2 saturated heterocycles. The van der Waals surface area contributed by atoms with Gasteiger partial charge in [0.05, 0.1) is 6.04 Å². The number of amides is 3. The van der Waals surface area contributed by atoms with E-state index in [0.717, 1.165) is 19.4 Å². The molecule has 0 aromatic heterocycles. The SMILES string of the molecule is CCOC(O)[C@H]1CNCCN1C(=O)CC1CCN(C(N)=O)CC1. The summed E-state index contributed by atoms with van der Waals surface area (Å²) in [7, 11) is 0. The number of carbonyl (C=O) groups is 2. The Bertz CT molecular complexity index is 412. The number of urea groups is 1. The maximum atomic E-state index is 12.6. The van der Waals surface area contributed by atoms with Crippen molar-refractivity contribution in [2.45, 2.75) is 38.5 Å². The van der Waals surface area contributed by atoms with Crippen LogP contribution in [0.5, 0.6) is 0 Å². The Labute approximate surface area is 136 Å². The number of aliphatic hydroxyl groups excluding tert-OH is 1. The number of nitrogens with one attached hydrogen (secondary N) is 1. The average Bonchev–Trinajstić information content (AvgIpc) is 2.55. The molecule has 0 bridgehead atoms. The summed E-state index contributed by atoms with van der Waals surface area (Å²) in [6.45, 7) is 5.28. The molecule has 2 atom stereocenters. The third-order valence-corrected chi connectivity index (χ3v) is 4.66. The summed E-state index contributed by atoms with van der Waals surface area (Å²) in [5, 5.41) is 13.3. The van der Waals surface area contributed by atoms with Crippen LogP contribution >= 0.6 is 0 Å². The summed E-state index contributed by atoms with van der Waals surface area (Å²) < 4.78 is 5.26. The number of hydrogen-bond donors (Lipinski definition) is 3. The van der Waals surface area contributed by atoms with Crippen LogP contribution in [0, 0.1) is 5.92 Å². The summed E-state index contributed by atoms with van der Waals surface area (Å²) in [6.07, 6.45) is 1.06. The number of likely N-dealkylation sites (tertiary alicyclic amines) is 1. The highest BCUT2D eigenvalue weighted by Crippen LogP contribution is 2.22. The second-order valence-corrected chi connectivity index (χ2v) is 6.18. The minimum absolute atomic E-state index is 0.0489. The Morgan fingerprint density at radius 3 is 2.65 bits per heavy atom. The monoisotopic (exact) mass is 328 g/mol.